The number of ether oxygens (including phenoxy) is 7. The molecular weight excluding hydrogens is 999 g/mol. The Hall–Kier alpha value is -2.19. The highest BCUT2D eigenvalue weighted by molar-refractivity contribution is 5.82. The fraction of sp³-hybridized carbons (Fsp3) is 0.946. The minimum atomic E-state index is -1.41. The van der Waals surface area contributed by atoms with Crippen molar-refractivity contribution in [3.05, 3.63) is 0 Å². The summed E-state index contributed by atoms with van der Waals surface area (Å²) in [5, 5.41) is 77.2. The van der Waals surface area contributed by atoms with Gasteiger partial charge < -0.3 is 85.1 Å². The van der Waals surface area contributed by atoms with E-state index in [-0.39, 0.29) is 48.6 Å². The molecule has 2 aliphatic heterocycles. The minimum Gasteiger partial charge on any atom is -0.394 e. The number of aliphatic hydroxyl groups excluding tert-OH is 6. The van der Waals surface area contributed by atoms with Gasteiger partial charge in [-0.05, 0) is 94.4 Å². The third-order valence-corrected chi connectivity index (χ3v) is 14.2. The number of hydrogen-bond donors (Lipinski definition) is 11. The Morgan fingerprint density at radius 3 is 1.34 bits per heavy atom. The number of likely N-dealkylation sites (N-methyl/N-ethyl adjacent to an activating group) is 1. The predicted octanol–water partition coefficient (Wildman–Crippen LogP) is 2.87. The van der Waals surface area contributed by atoms with Crippen LogP contribution in [0.1, 0.15) is 157 Å². The Labute approximate surface area is 462 Å². The van der Waals surface area contributed by atoms with E-state index in [1.807, 2.05) is 55.5 Å². The number of carbonyl (C=O) groups excluding carboxylic acids is 3. The summed E-state index contributed by atoms with van der Waals surface area (Å²) < 4.78 is 43.6. The second-order valence-corrected chi connectivity index (χ2v) is 28.0. The van der Waals surface area contributed by atoms with E-state index in [2.05, 4.69) is 95.8 Å². The Morgan fingerprint density at radius 1 is 0.532 bits per heavy atom. The van der Waals surface area contributed by atoms with Crippen LogP contribution in [0.3, 0.4) is 0 Å². The third-order valence-electron chi connectivity index (χ3n) is 14.2. The molecule has 0 aromatic carbocycles. The summed E-state index contributed by atoms with van der Waals surface area (Å²) >= 11 is 0. The molecule has 21 nitrogen and oxygen atoms in total. The normalized spacial score (nSPS) is 26.3. The minimum absolute atomic E-state index is 0.133. The highest BCUT2D eigenvalue weighted by Crippen LogP contribution is 2.39. The number of rotatable bonds is 34. The van der Waals surface area contributed by atoms with Crippen LogP contribution < -0.4 is 26.6 Å². The van der Waals surface area contributed by atoms with Crippen LogP contribution in [0.25, 0.3) is 0 Å². The lowest BCUT2D eigenvalue weighted by molar-refractivity contribution is -0.276. The van der Waals surface area contributed by atoms with Gasteiger partial charge >= 0.3 is 0 Å². The highest BCUT2D eigenvalue weighted by Gasteiger charge is 2.49. The second-order valence-electron chi connectivity index (χ2n) is 28.0. The van der Waals surface area contributed by atoms with Gasteiger partial charge in [0.1, 0.15) is 48.7 Å². The summed E-state index contributed by atoms with van der Waals surface area (Å²) in [5.41, 5.74) is -4.89. The van der Waals surface area contributed by atoms with E-state index < -0.39 is 119 Å². The largest absolute Gasteiger partial charge is 0.394 e. The van der Waals surface area contributed by atoms with Crippen molar-refractivity contribution in [2.75, 3.05) is 72.9 Å². The molecular formula is C56H109N5O16. The standard InChI is InChI=1S/C56H109N5O16/c1-21-71-33-56(57-20,34-74-54(16,17)26-50(8,9)29-58-28-48(4,5)24-51(10,11)31-72-45-39(60-35(2)64)43(68)41(66)37(22-62)75-45)77-55(18,19)27-53(14,15)47(70)59-30-49(6,7)25-52(12,13)32-73-46-40(61-36(3)65)44(69)42(67)38(23-63)76-46/h37-46,57-58,62-63,66-69H,21-34H2,1-20H3,(H,59,70)(H,60,64)(H,61,65). The van der Waals surface area contributed by atoms with Gasteiger partial charge in [-0.2, -0.15) is 0 Å². The third kappa shape index (κ3) is 23.7. The molecule has 2 heterocycles. The topological polar surface area (TPSA) is 297 Å². The summed E-state index contributed by atoms with van der Waals surface area (Å²) in [6, 6.07) is -2.05. The van der Waals surface area contributed by atoms with Crippen molar-refractivity contribution in [1.29, 1.82) is 0 Å². The van der Waals surface area contributed by atoms with Gasteiger partial charge in [0.2, 0.25) is 17.7 Å². The molecule has 0 bridgehead atoms. The van der Waals surface area contributed by atoms with E-state index in [9.17, 15) is 45.0 Å². The monoisotopic (exact) mass is 1110 g/mol. The molecule has 2 saturated heterocycles. The molecule has 0 saturated carbocycles. The van der Waals surface area contributed by atoms with Crippen LogP contribution in [0.5, 0.6) is 0 Å². The zero-order chi connectivity index (χ0) is 59.4. The maximum Gasteiger partial charge on any atom is 0.225 e. The predicted molar refractivity (Wildman–Crippen MR) is 293 cm³/mol. The molecule has 0 aliphatic carbocycles. The molecule has 3 amide bonds. The van der Waals surface area contributed by atoms with Crippen molar-refractivity contribution in [2.24, 2.45) is 32.5 Å². The maximum atomic E-state index is 14.1. The Kier molecular flexibility index (Phi) is 26.4. The molecule has 2 rings (SSSR count). The van der Waals surface area contributed by atoms with E-state index in [0.717, 1.165) is 6.42 Å². The fourth-order valence-electron chi connectivity index (χ4n) is 11.8. The number of carbonyl (C=O) groups is 3. The van der Waals surface area contributed by atoms with Crippen molar-refractivity contribution in [3.63, 3.8) is 0 Å². The first-order valence-electron chi connectivity index (χ1n) is 27.6. The van der Waals surface area contributed by atoms with E-state index in [4.69, 9.17) is 33.2 Å². The highest BCUT2D eigenvalue weighted by atomic mass is 16.7. The first-order chi connectivity index (χ1) is 35.0. The molecule has 454 valence electrons. The molecule has 0 aromatic heterocycles. The van der Waals surface area contributed by atoms with E-state index in [1.54, 1.807) is 0 Å². The van der Waals surface area contributed by atoms with Crippen molar-refractivity contribution in [1.82, 2.24) is 26.6 Å². The first kappa shape index (κ1) is 70.9. The Morgan fingerprint density at radius 2 is 0.948 bits per heavy atom. The number of amides is 3. The van der Waals surface area contributed by atoms with Crippen LogP contribution in [-0.2, 0) is 47.5 Å². The van der Waals surface area contributed by atoms with Crippen molar-refractivity contribution >= 4 is 17.7 Å². The average molecular weight is 1110 g/mol. The Bertz CT molecular complexity index is 1830. The quantitative estimate of drug-likeness (QED) is 0.0413. The lowest BCUT2D eigenvalue weighted by Crippen LogP contribution is -2.64. The number of nitrogens with one attached hydrogen (secondary N) is 5. The van der Waals surface area contributed by atoms with Crippen LogP contribution >= 0.6 is 0 Å². The number of aliphatic hydroxyl groups is 6. The average Bonchev–Trinajstić information content (AvgIpc) is 3.27. The van der Waals surface area contributed by atoms with Gasteiger partial charge in [-0.1, -0.05) is 83.1 Å². The van der Waals surface area contributed by atoms with Crippen LogP contribution in [0.2, 0.25) is 0 Å². The molecule has 0 radical (unpaired) electrons. The van der Waals surface area contributed by atoms with Crippen molar-refractivity contribution < 1.29 is 78.2 Å². The first-order valence-corrected chi connectivity index (χ1v) is 27.6. The molecule has 77 heavy (non-hydrogen) atoms. The molecule has 0 spiro atoms. The van der Waals surface area contributed by atoms with Crippen molar-refractivity contribution in [2.45, 2.75) is 235 Å². The van der Waals surface area contributed by atoms with Gasteiger partial charge in [0.05, 0.1) is 50.8 Å². The van der Waals surface area contributed by atoms with Gasteiger partial charge in [-0.3, -0.25) is 19.7 Å². The second kappa shape index (κ2) is 28.7. The van der Waals surface area contributed by atoms with Crippen molar-refractivity contribution in [3.8, 4) is 0 Å². The van der Waals surface area contributed by atoms with Crippen LogP contribution in [0.15, 0.2) is 0 Å². The van der Waals surface area contributed by atoms with Crippen LogP contribution in [-0.4, -0.2) is 200 Å². The molecule has 11 unspecified atom stereocenters. The summed E-state index contributed by atoms with van der Waals surface area (Å²) in [4.78, 5) is 37.9. The fourth-order valence-corrected chi connectivity index (χ4v) is 11.8. The molecule has 21 heteroatoms. The number of hydrogen-bond acceptors (Lipinski definition) is 18. The smallest absolute Gasteiger partial charge is 0.225 e. The van der Waals surface area contributed by atoms with Crippen LogP contribution in [0, 0.1) is 32.5 Å². The summed E-state index contributed by atoms with van der Waals surface area (Å²) in [6.07, 6.45) is -7.48. The summed E-state index contributed by atoms with van der Waals surface area (Å²) in [7, 11) is 1.82. The molecule has 11 N–H and O–H groups in total. The van der Waals surface area contributed by atoms with E-state index in [0.29, 0.717) is 45.5 Å². The van der Waals surface area contributed by atoms with Crippen LogP contribution in [0.4, 0.5) is 0 Å². The Balaban J connectivity index is 2.03. The zero-order valence-electron chi connectivity index (χ0n) is 50.9. The van der Waals surface area contributed by atoms with Gasteiger partial charge in [0.15, 0.2) is 18.3 Å². The van der Waals surface area contributed by atoms with E-state index in [1.165, 1.54) is 13.8 Å². The molecule has 0 aromatic rings. The molecule has 11 atom stereocenters. The SMILES string of the molecule is CCOCC(COC(C)(C)CC(C)(C)CNCC(C)(C)CC(C)(C)COC1OC(CO)C(O)C(O)C1NC(C)=O)(NC)OC(C)(C)CC(C)(C)C(=O)NCC(C)(C)CC(C)(C)COC1OC(CO)C(O)C(O)C1NC(C)=O. The van der Waals surface area contributed by atoms with Gasteiger partial charge in [0.25, 0.3) is 0 Å². The van der Waals surface area contributed by atoms with E-state index >= 15 is 0 Å². The summed E-state index contributed by atoms with van der Waals surface area (Å²) in [6.45, 7) is 39.4. The van der Waals surface area contributed by atoms with Gasteiger partial charge in [-0.25, -0.2) is 0 Å². The summed E-state index contributed by atoms with van der Waals surface area (Å²) in [5.74, 6) is -0.978. The maximum absolute atomic E-state index is 14.1. The lowest BCUT2D eigenvalue weighted by Gasteiger charge is -2.45. The zero-order valence-corrected chi connectivity index (χ0v) is 50.9. The van der Waals surface area contributed by atoms with Gasteiger partial charge in [-0.15, -0.1) is 0 Å². The lowest BCUT2D eigenvalue weighted by atomic mass is 9.75. The molecule has 2 fully saturated rings. The van der Waals surface area contributed by atoms with Gasteiger partial charge in [0, 0.05) is 45.5 Å². The molecule has 2 aliphatic rings.